The molecule has 3 heteroatoms. The molecule has 0 unspecified atom stereocenters. The summed E-state index contributed by atoms with van der Waals surface area (Å²) in [4.78, 5) is 0. The van der Waals surface area contributed by atoms with Crippen molar-refractivity contribution in [1.82, 2.24) is 0 Å². The fourth-order valence-corrected chi connectivity index (χ4v) is 3.66. The van der Waals surface area contributed by atoms with Gasteiger partial charge in [-0.15, -0.1) is 0 Å². The summed E-state index contributed by atoms with van der Waals surface area (Å²) < 4.78 is 17.0. The number of rotatable bonds is 7. The van der Waals surface area contributed by atoms with Gasteiger partial charge < -0.3 is 14.2 Å². The van der Waals surface area contributed by atoms with Crippen LogP contribution in [-0.2, 0) is 11.3 Å². The molecule has 2 aromatic carbocycles. The van der Waals surface area contributed by atoms with E-state index in [1.54, 1.807) is 14.2 Å². The Labute approximate surface area is 203 Å². The molecule has 2 rings (SSSR count). The highest BCUT2D eigenvalue weighted by Gasteiger charge is 2.19. The number of aryl methyl sites for hydroxylation is 1. The summed E-state index contributed by atoms with van der Waals surface area (Å²) in [5.41, 5.74) is 6.92. The predicted octanol–water partition coefficient (Wildman–Crippen LogP) is 9.23. The predicted molar refractivity (Wildman–Crippen MR) is 145 cm³/mol. The summed E-state index contributed by atoms with van der Waals surface area (Å²) in [6.45, 7) is 25.2. The van der Waals surface area contributed by atoms with Gasteiger partial charge in [-0.1, -0.05) is 73.3 Å². The summed E-state index contributed by atoms with van der Waals surface area (Å²) in [5, 5.41) is 0. The van der Waals surface area contributed by atoms with Gasteiger partial charge in [0.1, 0.15) is 18.1 Å². The lowest BCUT2D eigenvalue weighted by Gasteiger charge is -2.22. The van der Waals surface area contributed by atoms with E-state index in [4.69, 9.17) is 14.2 Å². The molecular weight excluding hydrogens is 408 g/mol. The molecule has 0 saturated heterocycles. The number of allylic oxidation sites excluding steroid dienone is 3. The molecule has 0 aliphatic heterocycles. The Bertz CT molecular complexity index is 915. The molecule has 0 amide bonds. The normalized spacial score (nSPS) is 10.8. The van der Waals surface area contributed by atoms with Crippen LogP contribution in [0.2, 0.25) is 0 Å². The second-order valence-electron chi connectivity index (χ2n) is 8.53. The molecule has 0 aliphatic rings. The highest BCUT2D eigenvalue weighted by atomic mass is 16.5. The van der Waals surface area contributed by atoms with Crippen LogP contribution in [0.3, 0.4) is 0 Å². The van der Waals surface area contributed by atoms with E-state index in [-0.39, 0.29) is 5.41 Å². The van der Waals surface area contributed by atoms with Gasteiger partial charge in [0.15, 0.2) is 0 Å². The second kappa shape index (κ2) is 14.5. The largest absolute Gasteiger partial charge is 0.497 e. The Balaban J connectivity index is 0.00000242. The minimum Gasteiger partial charge on any atom is -0.497 e. The lowest BCUT2D eigenvalue weighted by molar-refractivity contribution is 0.202. The van der Waals surface area contributed by atoms with Crippen LogP contribution in [0.4, 0.5) is 0 Å². The summed E-state index contributed by atoms with van der Waals surface area (Å²) in [6, 6.07) is 10.2. The molecule has 184 valence electrons. The van der Waals surface area contributed by atoms with Crippen molar-refractivity contribution >= 4 is 5.57 Å². The zero-order valence-electron chi connectivity index (χ0n) is 23.1. The summed E-state index contributed by atoms with van der Waals surface area (Å²) in [6.07, 6.45) is 2.31. The Kier molecular flexibility index (Phi) is 13.3. The Hall–Kier alpha value is -2.68. The van der Waals surface area contributed by atoms with Crippen molar-refractivity contribution in [2.45, 2.75) is 75.8 Å². The molecule has 0 radical (unpaired) electrons. The van der Waals surface area contributed by atoms with E-state index in [0.29, 0.717) is 12.4 Å². The van der Waals surface area contributed by atoms with Gasteiger partial charge >= 0.3 is 0 Å². The maximum atomic E-state index is 5.90. The van der Waals surface area contributed by atoms with Crippen molar-refractivity contribution in [3.8, 4) is 22.6 Å². The lowest BCUT2D eigenvalue weighted by atomic mass is 9.85. The average molecular weight is 455 g/mol. The Morgan fingerprint density at radius 3 is 2.00 bits per heavy atom. The van der Waals surface area contributed by atoms with Gasteiger partial charge in [0.2, 0.25) is 0 Å². The first-order valence-electron chi connectivity index (χ1n) is 11.9. The van der Waals surface area contributed by atoms with Gasteiger partial charge in [-0.05, 0) is 66.6 Å². The van der Waals surface area contributed by atoms with Crippen molar-refractivity contribution in [2.24, 2.45) is 5.41 Å². The molecule has 0 spiro atoms. The van der Waals surface area contributed by atoms with Gasteiger partial charge in [0.25, 0.3) is 0 Å². The van der Waals surface area contributed by atoms with Crippen LogP contribution < -0.4 is 9.47 Å². The van der Waals surface area contributed by atoms with E-state index < -0.39 is 0 Å². The minimum absolute atomic E-state index is 0.0761. The van der Waals surface area contributed by atoms with Crippen LogP contribution in [0.15, 0.2) is 48.7 Å². The second-order valence-corrected chi connectivity index (χ2v) is 8.53. The zero-order valence-corrected chi connectivity index (χ0v) is 23.1. The van der Waals surface area contributed by atoms with Gasteiger partial charge in [0.05, 0.1) is 20.0 Å². The van der Waals surface area contributed by atoms with Gasteiger partial charge in [-0.25, -0.2) is 0 Å². The maximum Gasteiger partial charge on any atom is 0.126 e. The molecule has 0 aliphatic carbocycles. The van der Waals surface area contributed by atoms with E-state index in [2.05, 4.69) is 59.4 Å². The van der Waals surface area contributed by atoms with Crippen molar-refractivity contribution < 1.29 is 14.2 Å². The number of methoxy groups -OCH3 is 2. The van der Waals surface area contributed by atoms with Gasteiger partial charge in [0, 0.05) is 11.1 Å². The molecule has 0 saturated carbocycles. The molecular formula is C30H46O3. The first-order valence-corrected chi connectivity index (χ1v) is 11.9. The van der Waals surface area contributed by atoms with Crippen molar-refractivity contribution in [3.05, 3.63) is 65.4 Å². The van der Waals surface area contributed by atoms with Crippen LogP contribution in [0, 0.1) is 12.3 Å². The van der Waals surface area contributed by atoms with Crippen LogP contribution in [0.5, 0.6) is 11.5 Å². The lowest BCUT2D eigenvalue weighted by Crippen LogP contribution is -2.05. The third-order valence-corrected chi connectivity index (χ3v) is 4.72. The molecule has 0 aromatic heterocycles. The topological polar surface area (TPSA) is 27.7 Å². The zero-order chi connectivity index (χ0) is 25.8. The van der Waals surface area contributed by atoms with Gasteiger partial charge in [-0.3, -0.25) is 0 Å². The van der Waals surface area contributed by atoms with E-state index >= 15 is 0 Å². The Morgan fingerprint density at radius 1 is 0.909 bits per heavy atom. The molecule has 0 atom stereocenters. The highest BCUT2D eigenvalue weighted by molar-refractivity contribution is 5.82. The first-order chi connectivity index (χ1) is 15.6. The third kappa shape index (κ3) is 9.00. The summed E-state index contributed by atoms with van der Waals surface area (Å²) >= 11 is 0. The number of hydrogen-bond acceptors (Lipinski definition) is 3. The molecule has 2 aromatic rings. The molecule has 0 fully saturated rings. The molecule has 0 bridgehead atoms. The van der Waals surface area contributed by atoms with Gasteiger partial charge in [-0.2, -0.15) is 0 Å². The standard InChI is InChI=1S/C26H34O3.2C2H6/c1-17(2)29-16-23-21(22-14-20(27-8)11-13-24(22)28-9)12-10-18(3)25(23)19(4)15-26(5,6)7;2*1-2/h10-15H,1,16H2,2-9H3;2*1-2H3/b19-15-;;. The average Bonchev–Trinajstić information content (AvgIpc) is 2.78. The smallest absolute Gasteiger partial charge is 0.126 e. The fourth-order valence-electron chi connectivity index (χ4n) is 3.66. The minimum atomic E-state index is 0.0761. The number of hydrogen-bond donors (Lipinski definition) is 0. The molecule has 0 heterocycles. The first kappa shape index (κ1) is 30.3. The van der Waals surface area contributed by atoms with Crippen LogP contribution in [-0.4, -0.2) is 14.2 Å². The highest BCUT2D eigenvalue weighted by Crippen LogP contribution is 2.40. The Morgan fingerprint density at radius 2 is 1.52 bits per heavy atom. The maximum absolute atomic E-state index is 5.90. The molecule has 33 heavy (non-hydrogen) atoms. The summed E-state index contributed by atoms with van der Waals surface area (Å²) in [5.74, 6) is 2.28. The number of ether oxygens (including phenoxy) is 3. The molecule has 3 nitrogen and oxygen atoms in total. The van der Waals surface area contributed by atoms with E-state index in [1.165, 1.54) is 16.7 Å². The number of benzene rings is 2. The summed E-state index contributed by atoms with van der Waals surface area (Å²) in [7, 11) is 3.36. The SMILES string of the molecule is C=C(C)OCc1c(-c2cc(OC)ccc2OC)ccc(C)c1/C(C)=C\C(C)(C)C.CC.CC. The van der Waals surface area contributed by atoms with Crippen LogP contribution >= 0.6 is 0 Å². The van der Waals surface area contributed by atoms with E-state index in [0.717, 1.165) is 28.2 Å². The quantitative estimate of drug-likeness (QED) is 0.390. The van der Waals surface area contributed by atoms with Crippen molar-refractivity contribution in [1.29, 1.82) is 0 Å². The van der Waals surface area contributed by atoms with E-state index in [1.807, 2.05) is 52.8 Å². The third-order valence-electron chi connectivity index (χ3n) is 4.72. The van der Waals surface area contributed by atoms with Crippen molar-refractivity contribution in [3.63, 3.8) is 0 Å². The van der Waals surface area contributed by atoms with Crippen LogP contribution in [0.1, 0.15) is 79.0 Å². The van der Waals surface area contributed by atoms with Crippen LogP contribution in [0.25, 0.3) is 16.7 Å². The van der Waals surface area contributed by atoms with Crippen molar-refractivity contribution in [2.75, 3.05) is 14.2 Å². The fraction of sp³-hybridized carbons (Fsp3) is 0.467. The monoisotopic (exact) mass is 454 g/mol. The molecule has 0 N–H and O–H groups in total. The van der Waals surface area contributed by atoms with E-state index in [9.17, 15) is 0 Å².